The van der Waals surface area contributed by atoms with E-state index in [0.29, 0.717) is 0 Å². The number of aromatic nitrogens is 1. The molecule has 0 amide bonds. The minimum atomic E-state index is 0. The summed E-state index contributed by atoms with van der Waals surface area (Å²) in [7, 11) is 1.88. The van der Waals surface area contributed by atoms with Crippen LogP contribution in [0.15, 0.2) is 83.9 Å². The van der Waals surface area contributed by atoms with E-state index < -0.39 is 0 Å². The molecule has 1 unspecified atom stereocenters. The van der Waals surface area contributed by atoms with E-state index in [1.165, 1.54) is 0 Å². The molecule has 0 saturated heterocycles. The molecule has 0 saturated carbocycles. The van der Waals surface area contributed by atoms with Crippen LogP contribution >= 0.6 is 0 Å². The van der Waals surface area contributed by atoms with Gasteiger partial charge in [-0.15, -0.1) is 41.9 Å². The predicted molar refractivity (Wildman–Crippen MR) is 131 cm³/mol. The first kappa shape index (κ1) is 24.0. The van der Waals surface area contributed by atoms with Gasteiger partial charge >= 0.3 is 21.1 Å². The molecule has 0 aliphatic carbocycles. The SMILES string of the molecule is C[N-]C(c1ccccc1N=Cc1cc2ccccc2c(-c2[c-]cccc2)n1)C(C)(C)C.[Pt+2]. The van der Waals surface area contributed by atoms with Crippen LogP contribution in [0.1, 0.15) is 38.1 Å². The molecule has 32 heavy (non-hydrogen) atoms. The molecule has 1 aromatic heterocycles. The number of benzene rings is 3. The van der Waals surface area contributed by atoms with E-state index in [2.05, 4.69) is 62.5 Å². The summed E-state index contributed by atoms with van der Waals surface area (Å²) in [6, 6.07) is 29.9. The van der Waals surface area contributed by atoms with E-state index in [-0.39, 0.29) is 32.5 Å². The Kier molecular flexibility index (Phi) is 7.77. The zero-order chi connectivity index (χ0) is 21.8. The van der Waals surface area contributed by atoms with Crippen molar-refractivity contribution < 1.29 is 21.1 Å². The summed E-state index contributed by atoms with van der Waals surface area (Å²) in [5, 5.41) is 6.89. The molecule has 4 aromatic rings. The Labute approximate surface area is 205 Å². The number of fused-ring (bicyclic) bond motifs is 1. The monoisotopic (exact) mass is 600 g/mol. The number of rotatable bonds is 5. The van der Waals surface area contributed by atoms with Crippen LogP contribution in [0.2, 0.25) is 0 Å². The van der Waals surface area contributed by atoms with Crippen molar-refractivity contribution >= 4 is 22.7 Å². The summed E-state index contributed by atoms with van der Waals surface area (Å²) in [5.41, 5.74) is 4.79. The molecule has 0 aliphatic heterocycles. The second-order valence-corrected chi connectivity index (χ2v) is 8.74. The van der Waals surface area contributed by atoms with E-state index in [4.69, 9.17) is 9.98 Å². The van der Waals surface area contributed by atoms with Gasteiger partial charge in [0.2, 0.25) is 0 Å². The normalized spacial score (nSPS) is 12.6. The molecule has 3 aromatic carbocycles. The number of pyridine rings is 1. The summed E-state index contributed by atoms with van der Waals surface area (Å²) in [4.78, 5) is 9.77. The van der Waals surface area contributed by atoms with Gasteiger partial charge in [-0.1, -0.05) is 68.7 Å². The molecule has 164 valence electrons. The Bertz CT molecular complexity index is 1210. The molecule has 1 heterocycles. The largest absolute Gasteiger partial charge is 2.00 e. The first-order chi connectivity index (χ1) is 15.0. The first-order valence-corrected chi connectivity index (χ1v) is 10.6. The zero-order valence-electron chi connectivity index (χ0n) is 18.8. The minimum absolute atomic E-state index is 0. The first-order valence-electron chi connectivity index (χ1n) is 10.6. The molecule has 0 aliphatic rings. The molecular formula is C28H27N3Pt. The average molecular weight is 601 g/mol. The van der Waals surface area contributed by atoms with Gasteiger partial charge in [-0.3, -0.25) is 9.98 Å². The van der Waals surface area contributed by atoms with Gasteiger partial charge in [0.05, 0.1) is 17.6 Å². The Morgan fingerprint density at radius 3 is 2.41 bits per heavy atom. The molecule has 4 rings (SSSR count). The van der Waals surface area contributed by atoms with E-state index in [1.54, 1.807) is 0 Å². The summed E-state index contributed by atoms with van der Waals surface area (Å²) in [5.74, 6) is 0. The van der Waals surface area contributed by atoms with Crippen LogP contribution in [0.4, 0.5) is 5.69 Å². The van der Waals surface area contributed by atoms with Crippen LogP contribution in [0.3, 0.4) is 0 Å². The molecule has 0 fully saturated rings. The summed E-state index contributed by atoms with van der Waals surface area (Å²) < 4.78 is 0. The van der Waals surface area contributed by atoms with Crippen molar-refractivity contribution in [2.75, 3.05) is 7.05 Å². The third kappa shape index (κ3) is 5.23. The quantitative estimate of drug-likeness (QED) is 0.172. The van der Waals surface area contributed by atoms with Crippen molar-refractivity contribution in [2.24, 2.45) is 10.4 Å². The molecule has 0 radical (unpaired) electrons. The Morgan fingerprint density at radius 2 is 1.69 bits per heavy atom. The summed E-state index contributed by atoms with van der Waals surface area (Å²) in [6.07, 6.45) is 1.85. The van der Waals surface area contributed by atoms with E-state index in [1.807, 2.05) is 61.8 Å². The molecule has 3 nitrogen and oxygen atoms in total. The van der Waals surface area contributed by atoms with Crippen LogP contribution in [0.25, 0.3) is 27.3 Å². The average Bonchev–Trinajstić information content (AvgIpc) is 2.78. The van der Waals surface area contributed by atoms with Crippen molar-refractivity contribution in [3.05, 3.63) is 102 Å². The van der Waals surface area contributed by atoms with Gasteiger partial charge in [-0.05, 0) is 34.2 Å². The summed E-state index contributed by atoms with van der Waals surface area (Å²) >= 11 is 0. The topological polar surface area (TPSA) is 39.4 Å². The number of para-hydroxylation sites is 1. The van der Waals surface area contributed by atoms with Crippen LogP contribution in [-0.4, -0.2) is 18.2 Å². The van der Waals surface area contributed by atoms with Crippen LogP contribution in [0, 0.1) is 11.5 Å². The van der Waals surface area contributed by atoms with Gasteiger partial charge in [0.15, 0.2) is 0 Å². The fourth-order valence-electron chi connectivity index (χ4n) is 4.00. The molecule has 0 spiro atoms. The van der Waals surface area contributed by atoms with Gasteiger partial charge in [-0.25, -0.2) is 0 Å². The van der Waals surface area contributed by atoms with Gasteiger partial charge in [0, 0.05) is 0 Å². The maximum absolute atomic E-state index is 4.93. The molecule has 1 atom stereocenters. The molecule has 0 N–H and O–H groups in total. The van der Waals surface area contributed by atoms with Crippen molar-refractivity contribution in [1.82, 2.24) is 4.98 Å². The second kappa shape index (κ2) is 10.3. The van der Waals surface area contributed by atoms with Gasteiger partial charge in [0.1, 0.15) is 0 Å². The number of aliphatic imine (C=N–C) groups is 1. The van der Waals surface area contributed by atoms with Gasteiger partial charge in [-0.2, -0.15) is 7.05 Å². The van der Waals surface area contributed by atoms with Crippen molar-refractivity contribution in [3.8, 4) is 11.3 Å². The number of nitrogens with zero attached hydrogens (tertiary/aromatic N) is 3. The van der Waals surface area contributed by atoms with E-state index >= 15 is 0 Å². The van der Waals surface area contributed by atoms with Crippen molar-refractivity contribution in [1.29, 1.82) is 0 Å². The Balaban J connectivity index is 0.00000289. The predicted octanol–water partition coefficient (Wildman–Crippen LogP) is 7.54. The molecular weight excluding hydrogens is 573 g/mol. The van der Waals surface area contributed by atoms with Crippen LogP contribution in [-0.2, 0) is 21.1 Å². The molecule has 0 bridgehead atoms. The second-order valence-electron chi connectivity index (χ2n) is 8.74. The maximum atomic E-state index is 4.93. The van der Waals surface area contributed by atoms with E-state index in [0.717, 1.165) is 39.0 Å². The van der Waals surface area contributed by atoms with E-state index in [9.17, 15) is 0 Å². The standard InChI is InChI=1S/C28H27N3.Pt/c1-28(2,3)27(29-4)24-16-10-11-17-25(24)30-19-22-18-21-14-8-9-15-23(21)26(31-22)20-12-6-5-7-13-20;/h5-12,14-19,27H,1-4H3;/q-2;+2. The smallest absolute Gasteiger partial charge is 0.658 e. The fourth-order valence-corrected chi connectivity index (χ4v) is 4.00. The fraction of sp³-hybridized carbons (Fsp3) is 0.214. The minimum Gasteiger partial charge on any atom is -0.658 e. The van der Waals surface area contributed by atoms with Crippen LogP contribution < -0.4 is 0 Å². The van der Waals surface area contributed by atoms with Gasteiger partial charge in [0.25, 0.3) is 0 Å². The van der Waals surface area contributed by atoms with Gasteiger partial charge < -0.3 is 5.32 Å². The molecule has 4 heteroatoms. The Morgan fingerprint density at radius 1 is 0.969 bits per heavy atom. The summed E-state index contributed by atoms with van der Waals surface area (Å²) in [6.45, 7) is 6.62. The number of hydrogen-bond donors (Lipinski definition) is 0. The Hall–Kier alpha value is -2.61. The van der Waals surface area contributed by atoms with Crippen LogP contribution in [0.5, 0.6) is 0 Å². The van der Waals surface area contributed by atoms with Crippen molar-refractivity contribution in [3.63, 3.8) is 0 Å². The zero-order valence-corrected chi connectivity index (χ0v) is 21.1. The van der Waals surface area contributed by atoms with Crippen molar-refractivity contribution in [2.45, 2.75) is 26.8 Å². The third-order valence-corrected chi connectivity index (χ3v) is 5.37. The number of hydrogen-bond acceptors (Lipinski definition) is 2. The maximum Gasteiger partial charge on any atom is 2.00 e. The third-order valence-electron chi connectivity index (χ3n) is 5.37.